The summed E-state index contributed by atoms with van der Waals surface area (Å²) in [5.41, 5.74) is 10.5. The van der Waals surface area contributed by atoms with Gasteiger partial charge in [-0.05, 0) is 30.9 Å². The summed E-state index contributed by atoms with van der Waals surface area (Å²) in [5, 5.41) is 0. The zero-order valence-electron chi connectivity index (χ0n) is 8.61. The molecule has 0 aromatic carbocycles. The van der Waals surface area contributed by atoms with Gasteiger partial charge < -0.3 is 11.5 Å². The fourth-order valence-electron chi connectivity index (χ4n) is 1.21. The van der Waals surface area contributed by atoms with Crippen molar-refractivity contribution < 1.29 is 0 Å². The third-order valence-electron chi connectivity index (χ3n) is 2.36. The Morgan fingerprint density at radius 1 is 1.31 bits per heavy atom. The molecule has 3 heteroatoms. The molecular formula is C10H21N3. The smallest absolute Gasteiger partial charge is 0.0797 e. The topological polar surface area (TPSA) is 64.4 Å². The molecular weight excluding hydrogens is 162 g/mol. The summed E-state index contributed by atoms with van der Waals surface area (Å²) in [7, 11) is 0. The van der Waals surface area contributed by atoms with Crippen LogP contribution in [0, 0.1) is 11.8 Å². The van der Waals surface area contributed by atoms with E-state index in [2.05, 4.69) is 18.8 Å². The van der Waals surface area contributed by atoms with E-state index in [0.29, 0.717) is 11.8 Å². The molecule has 0 saturated heterocycles. The standard InChI is InChI=1S/C10H21N3/c1-9(10(2)5-6-11)4-3-7-13-8-12/h5-6,8-10H,3-4,7,11H2,1-2H3,(H2,12,13)/b6-5+. The van der Waals surface area contributed by atoms with Gasteiger partial charge in [-0.25, -0.2) is 0 Å². The van der Waals surface area contributed by atoms with E-state index in [-0.39, 0.29) is 0 Å². The van der Waals surface area contributed by atoms with Crippen LogP contribution in [0.4, 0.5) is 0 Å². The minimum absolute atomic E-state index is 0.548. The molecule has 0 aliphatic carbocycles. The van der Waals surface area contributed by atoms with Crippen LogP contribution in [-0.2, 0) is 0 Å². The van der Waals surface area contributed by atoms with Crippen molar-refractivity contribution in [3.63, 3.8) is 0 Å². The van der Waals surface area contributed by atoms with Crippen molar-refractivity contribution in [2.75, 3.05) is 6.54 Å². The predicted molar refractivity (Wildman–Crippen MR) is 58.4 cm³/mol. The van der Waals surface area contributed by atoms with E-state index in [9.17, 15) is 0 Å². The van der Waals surface area contributed by atoms with Gasteiger partial charge in [-0.1, -0.05) is 19.9 Å². The van der Waals surface area contributed by atoms with Crippen LogP contribution < -0.4 is 11.5 Å². The molecule has 76 valence electrons. The Morgan fingerprint density at radius 2 is 2.00 bits per heavy atom. The first-order chi connectivity index (χ1) is 6.22. The number of rotatable bonds is 6. The maximum atomic E-state index is 5.32. The van der Waals surface area contributed by atoms with Gasteiger partial charge in [-0.3, -0.25) is 4.99 Å². The molecule has 0 aromatic rings. The molecule has 0 aliphatic rings. The highest BCUT2D eigenvalue weighted by Gasteiger charge is 2.07. The Balaban J connectivity index is 3.54. The molecule has 3 nitrogen and oxygen atoms in total. The third-order valence-corrected chi connectivity index (χ3v) is 2.36. The summed E-state index contributed by atoms with van der Waals surface area (Å²) in [5.74, 6) is 1.21. The number of nitrogens with zero attached hydrogens (tertiary/aromatic N) is 1. The summed E-state index contributed by atoms with van der Waals surface area (Å²) in [6, 6.07) is 0. The maximum absolute atomic E-state index is 5.32. The molecule has 0 saturated carbocycles. The first kappa shape index (κ1) is 12.0. The summed E-state index contributed by atoms with van der Waals surface area (Å²) in [6.07, 6.45) is 7.30. The Labute approximate surface area is 80.9 Å². The highest BCUT2D eigenvalue weighted by Crippen LogP contribution is 2.17. The number of nitrogens with two attached hydrogens (primary N) is 2. The van der Waals surface area contributed by atoms with Crippen molar-refractivity contribution in [3.05, 3.63) is 12.3 Å². The summed E-state index contributed by atoms with van der Waals surface area (Å²) < 4.78 is 0. The first-order valence-electron chi connectivity index (χ1n) is 4.80. The van der Waals surface area contributed by atoms with Crippen molar-refractivity contribution in [1.29, 1.82) is 0 Å². The van der Waals surface area contributed by atoms with Gasteiger partial charge in [0.05, 0.1) is 6.34 Å². The van der Waals surface area contributed by atoms with Gasteiger partial charge in [0.15, 0.2) is 0 Å². The van der Waals surface area contributed by atoms with Crippen LogP contribution in [0.15, 0.2) is 17.3 Å². The van der Waals surface area contributed by atoms with Gasteiger partial charge in [0.25, 0.3) is 0 Å². The second kappa shape index (κ2) is 7.65. The first-order valence-corrected chi connectivity index (χ1v) is 4.80. The Hall–Kier alpha value is -0.990. The molecule has 0 rings (SSSR count). The minimum atomic E-state index is 0.548. The van der Waals surface area contributed by atoms with Crippen LogP contribution in [0.2, 0.25) is 0 Å². The van der Waals surface area contributed by atoms with Gasteiger partial charge >= 0.3 is 0 Å². The van der Waals surface area contributed by atoms with E-state index in [0.717, 1.165) is 13.0 Å². The molecule has 0 radical (unpaired) electrons. The molecule has 0 bridgehead atoms. The van der Waals surface area contributed by atoms with E-state index < -0.39 is 0 Å². The second-order valence-corrected chi connectivity index (χ2v) is 3.42. The lowest BCUT2D eigenvalue weighted by Gasteiger charge is -2.15. The molecule has 0 spiro atoms. The molecule has 4 N–H and O–H groups in total. The van der Waals surface area contributed by atoms with Gasteiger partial charge in [0, 0.05) is 6.54 Å². The van der Waals surface area contributed by atoms with Gasteiger partial charge in [0.2, 0.25) is 0 Å². The molecule has 13 heavy (non-hydrogen) atoms. The zero-order valence-corrected chi connectivity index (χ0v) is 8.61. The lowest BCUT2D eigenvalue weighted by atomic mass is 9.92. The molecule has 0 aromatic heterocycles. The average molecular weight is 183 g/mol. The van der Waals surface area contributed by atoms with E-state index in [1.165, 1.54) is 12.8 Å². The zero-order chi connectivity index (χ0) is 10.1. The highest BCUT2D eigenvalue weighted by atomic mass is 14.8. The van der Waals surface area contributed by atoms with E-state index in [4.69, 9.17) is 11.5 Å². The van der Waals surface area contributed by atoms with Crippen molar-refractivity contribution in [1.82, 2.24) is 0 Å². The lowest BCUT2D eigenvalue weighted by molar-refractivity contribution is 0.418. The number of allylic oxidation sites excluding steroid dienone is 1. The summed E-state index contributed by atoms with van der Waals surface area (Å²) in [4.78, 5) is 3.96. The monoisotopic (exact) mass is 183 g/mol. The largest absolute Gasteiger partial charge is 0.405 e. The Bertz CT molecular complexity index is 164. The van der Waals surface area contributed by atoms with Gasteiger partial charge in [0.1, 0.15) is 0 Å². The third kappa shape index (κ3) is 6.20. The lowest BCUT2D eigenvalue weighted by Crippen LogP contribution is -2.06. The van der Waals surface area contributed by atoms with Crippen molar-refractivity contribution in [2.45, 2.75) is 26.7 Å². The predicted octanol–water partition coefficient (Wildman–Crippen LogP) is 1.50. The normalized spacial score (nSPS) is 16.8. The quantitative estimate of drug-likeness (QED) is 0.372. The van der Waals surface area contributed by atoms with Crippen LogP contribution in [-0.4, -0.2) is 12.9 Å². The van der Waals surface area contributed by atoms with Crippen LogP contribution in [0.5, 0.6) is 0 Å². The maximum Gasteiger partial charge on any atom is 0.0797 e. The Morgan fingerprint density at radius 3 is 2.54 bits per heavy atom. The Kier molecular flexibility index (Phi) is 7.07. The van der Waals surface area contributed by atoms with E-state index >= 15 is 0 Å². The fourth-order valence-corrected chi connectivity index (χ4v) is 1.21. The summed E-state index contributed by atoms with van der Waals surface area (Å²) >= 11 is 0. The van der Waals surface area contributed by atoms with Crippen LogP contribution in [0.3, 0.4) is 0 Å². The van der Waals surface area contributed by atoms with Crippen molar-refractivity contribution in [3.8, 4) is 0 Å². The van der Waals surface area contributed by atoms with Crippen LogP contribution >= 0.6 is 0 Å². The number of hydrogen-bond acceptors (Lipinski definition) is 2. The molecule has 0 aliphatic heterocycles. The van der Waals surface area contributed by atoms with Crippen LogP contribution in [0.1, 0.15) is 26.7 Å². The van der Waals surface area contributed by atoms with Gasteiger partial charge in [-0.2, -0.15) is 0 Å². The fraction of sp³-hybridized carbons (Fsp3) is 0.700. The molecule has 2 unspecified atom stereocenters. The average Bonchev–Trinajstić information content (AvgIpc) is 2.12. The number of aliphatic imine (C=N–C) groups is 1. The van der Waals surface area contributed by atoms with E-state index in [1.807, 2.05) is 6.08 Å². The number of hydrogen-bond donors (Lipinski definition) is 2. The second-order valence-electron chi connectivity index (χ2n) is 3.42. The minimum Gasteiger partial charge on any atom is -0.405 e. The highest BCUT2D eigenvalue weighted by molar-refractivity contribution is 5.50. The molecule has 0 fully saturated rings. The van der Waals surface area contributed by atoms with E-state index in [1.54, 1.807) is 6.20 Å². The van der Waals surface area contributed by atoms with Gasteiger partial charge in [-0.15, -0.1) is 0 Å². The molecule has 2 atom stereocenters. The molecule has 0 heterocycles. The van der Waals surface area contributed by atoms with Crippen molar-refractivity contribution >= 4 is 6.34 Å². The SMILES string of the molecule is CC(/C=C/N)C(C)CCCN=CN. The van der Waals surface area contributed by atoms with Crippen molar-refractivity contribution in [2.24, 2.45) is 28.3 Å². The summed E-state index contributed by atoms with van der Waals surface area (Å²) in [6.45, 7) is 5.25. The van der Waals surface area contributed by atoms with Crippen LogP contribution in [0.25, 0.3) is 0 Å². The molecule has 0 amide bonds.